The van der Waals surface area contributed by atoms with Gasteiger partial charge in [0.05, 0.1) is 5.69 Å². The van der Waals surface area contributed by atoms with Crippen LogP contribution in [0.1, 0.15) is 59.6 Å². The number of fused-ring (bicyclic) bond motifs is 13. The van der Waals surface area contributed by atoms with Crippen LogP contribution in [0.3, 0.4) is 0 Å². The van der Waals surface area contributed by atoms with E-state index in [-0.39, 0.29) is 0 Å². The molecule has 8 aromatic rings. The van der Waals surface area contributed by atoms with Crippen molar-refractivity contribution in [3.05, 3.63) is 210 Å². The van der Waals surface area contributed by atoms with Crippen LogP contribution in [-0.4, -0.2) is 5.25 Å². The third-order valence-electron chi connectivity index (χ3n) is 12.0. The van der Waals surface area contributed by atoms with E-state index >= 15 is 0 Å². The van der Waals surface area contributed by atoms with Crippen LogP contribution < -0.4 is 10.2 Å². The number of nitrogens with zero attached hydrogens (tertiary/aromatic N) is 1. The number of thioether (sulfide) groups is 1. The van der Waals surface area contributed by atoms with Crippen LogP contribution in [0.2, 0.25) is 0 Å². The fraction of sp³-hybridized carbons (Fsp3) is 0.0714. The molecule has 0 bridgehead atoms. The molecule has 3 aliphatic heterocycles. The predicted molar refractivity (Wildman–Crippen MR) is 259 cm³/mol. The second-order valence-corrected chi connectivity index (χ2v) is 16.6. The number of furan rings is 2. The highest BCUT2D eigenvalue weighted by Gasteiger charge is 2.31. The highest BCUT2D eigenvalue weighted by molar-refractivity contribution is 8.00. The Morgan fingerprint density at radius 1 is 0.656 bits per heavy atom. The van der Waals surface area contributed by atoms with Gasteiger partial charge in [-0.25, -0.2) is 0 Å². The smallest absolute Gasteiger partial charge is 0.142 e. The van der Waals surface area contributed by atoms with Crippen LogP contribution in [-0.2, 0) is 0 Å². The highest BCUT2D eigenvalue weighted by Crippen LogP contribution is 2.50. The second kappa shape index (κ2) is 15.1. The molecule has 0 spiro atoms. The first-order valence-corrected chi connectivity index (χ1v) is 21.9. The van der Waals surface area contributed by atoms with E-state index in [2.05, 4.69) is 181 Å². The Labute approximate surface area is 360 Å². The van der Waals surface area contributed by atoms with E-state index in [0.29, 0.717) is 5.25 Å². The van der Waals surface area contributed by atoms with Crippen LogP contribution in [0.5, 0.6) is 0 Å². The van der Waals surface area contributed by atoms with Crippen molar-refractivity contribution < 1.29 is 8.83 Å². The summed E-state index contributed by atoms with van der Waals surface area (Å²) in [5.41, 5.74) is 17.2. The van der Waals surface area contributed by atoms with Gasteiger partial charge in [-0.2, -0.15) is 0 Å². The molecule has 61 heavy (non-hydrogen) atoms. The van der Waals surface area contributed by atoms with E-state index in [1.54, 1.807) is 0 Å². The summed E-state index contributed by atoms with van der Waals surface area (Å²) in [6.07, 6.45) is 18.5. The maximum atomic E-state index is 6.84. The maximum Gasteiger partial charge on any atom is 0.142 e. The van der Waals surface area contributed by atoms with E-state index in [9.17, 15) is 0 Å². The molecule has 0 radical (unpaired) electrons. The number of allylic oxidation sites excluding steroid dienone is 2. The molecule has 0 saturated carbocycles. The summed E-state index contributed by atoms with van der Waals surface area (Å²) in [4.78, 5) is 3.68. The number of rotatable bonds is 2. The Bertz CT molecular complexity index is 3240. The third kappa shape index (κ3) is 6.23. The van der Waals surface area contributed by atoms with E-state index < -0.39 is 0 Å². The lowest BCUT2D eigenvalue weighted by Gasteiger charge is -2.29. The van der Waals surface area contributed by atoms with Crippen molar-refractivity contribution in [2.75, 3.05) is 10.2 Å². The van der Waals surface area contributed by atoms with E-state index in [0.717, 1.165) is 107 Å². The first-order valence-electron chi connectivity index (χ1n) is 21.0. The van der Waals surface area contributed by atoms with Gasteiger partial charge in [-0.05, 0) is 107 Å². The fourth-order valence-corrected chi connectivity index (χ4v) is 10.4. The molecule has 294 valence electrons. The average molecular weight is 807 g/mol. The molecule has 12 rings (SSSR count). The lowest BCUT2D eigenvalue weighted by Crippen LogP contribution is -2.20. The number of hydrogen-bond acceptors (Lipinski definition) is 5. The van der Waals surface area contributed by atoms with Crippen molar-refractivity contribution in [1.29, 1.82) is 0 Å². The largest absolute Gasteiger partial charge is 0.456 e. The van der Waals surface area contributed by atoms with Crippen molar-refractivity contribution in [3.8, 4) is 22.3 Å². The molecule has 4 nitrogen and oxygen atoms in total. The molecule has 2 aromatic heterocycles. The van der Waals surface area contributed by atoms with Crippen molar-refractivity contribution in [2.24, 2.45) is 0 Å². The monoisotopic (exact) mass is 806 g/mol. The van der Waals surface area contributed by atoms with Crippen LogP contribution in [0.4, 0.5) is 11.4 Å². The first-order chi connectivity index (χ1) is 30.1. The number of benzene rings is 6. The average Bonchev–Trinajstić information content (AvgIpc) is 3.99. The third-order valence-corrected chi connectivity index (χ3v) is 13.3. The minimum atomic E-state index is 0.441. The Morgan fingerprint density at radius 2 is 1.41 bits per heavy atom. The van der Waals surface area contributed by atoms with Crippen LogP contribution in [0, 0.1) is 0 Å². The first kappa shape index (κ1) is 36.8. The number of nitrogens with one attached hydrogen (secondary N) is 1. The van der Waals surface area contributed by atoms with Crippen LogP contribution in [0.15, 0.2) is 184 Å². The highest BCUT2D eigenvalue weighted by atomic mass is 32.2. The normalized spacial score (nSPS) is 17.4. The van der Waals surface area contributed by atoms with Gasteiger partial charge in [0.25, 0.3) is 0 Å². The van der Waals surface area contributed by atoms with Gasteiger partial charge < -0.3 is 19.1 Å². The molecule has 4 aliphatic rings. The molecule has 5 heterocycles. The zero-order valence-electron chi connectivity index (χ0n) is 34.0. The van der Waals surface area contributed by atoms with Crippen molar-refractivity contribution in [3.63, 3.8) is 0 Å². The van der Waals surface area contributed by atoms with Crippen molar-refractivity contribution in [2.45, 2.75) is 30.4 Å². The summed E-state index contributed by atoms with van der Waals surface area (Å²) in [7, 11) is 0. The van der Waals surface area contributed by atoms with Gasteiger partial charge in [0.1, 0.15) is 22.7 Å². The van der Waals surface area contributed by atoms with Gasteiger partial charge >= 0.3 is 0 Å². The quantitative estimate of drug-likeness (QED) is 0.188. The molecular weight excluding hydrogens is 765 g/mol. The maximum absolute atomic E-state index is 6.84. The van der Waals surface area contributed by atoms with Gasteiger partial charge in [-0.15, -0.1) is 11.8 Å². The molecule has 0 fully saturated rings. The Morgan fingerprint density at radius 3 is 2.33 bits per heavy atom. The van der Waals surface area contributed by atoms with E-state index in [4.69, 9.17) is 8.83 Å². The second-order valence-electron chi connectivity index (χ2n) is 15.3. The van der Waals surface area contributed by atoms with Gasteiger partial charge in [0.2, 0.25) is 0 Å². The summed E-state index contributed by atoms with van der Waals surface area (Å²) < 4.78 is 13.0. The van der Waals surface area contributed by atoms with Crippen molar-refractivity contribution >= 4 is 80.5 Å². The summed E-state index contributed by atoms with van der Waals surface area (Å²) in [5.74, 6) is 1.54. The topological polar surface area (TPSA) is 41.6 Å². The summed E-state index contributed by atoms with van der Waals surface area (Å²) in [6, 6.07) is 47.2. The van der Waals surface area contributed by atoms with Crippen LogP contribution >= 0.6 is 11.8 Å². The van der Waals surface area contributed by atoms with E-state index in [1.807, 2.05) is 43.9 Å². The number of hydrogen-bond donors (Lipinski definition) is 1. The number of para-hydroxylation sites is 2. The molecule has 1 unspecified atom stereocenters. The molecular formula is C56H42N2O2S. The van der Waals surface area contributed by atoms with Gasteiger partial charge in [0, 0.05) is 72.5 Å². The minimum Gasteiger partial charge on any atom is -0.456 e. The standard InChI is InChI=1S/C54H36N2O2S.C2H6/c1-33-38-11-4-7-15-48(38)56(37-21-25-53-46(32-37)42-14-6-9-17-52(42)59-53)29-27-43-41-26-28-55-47-22-18-35(36-20-24-51-45(31-36)40-13-5-8-16-49(40)57-51)30-44(47)39-12-3-2-10-34(39)19-23-50(41)58-54(33)43;1-2/h2-24,26-32,53,55H,1,25H2;1-2H3/b23-19-,28-26+,29-27-;. The molecule has 1 aliphatic carbocycles. The van der Waals surface area contributed by atoms with Crippen molar-refractivity contribution in [1.82, 2.24) is 0 Å². The Balaban J connectivity index is 0.00000207. The van der Waals surface area contributed by atoms with Crippen LogP contribution in [0.25, 0.3) is 79.6 Å². The summed E-state index contributed by atoms with van der Waals surface area (Å²) in [6.45, 7) is 8.67. The molecule has 1 atom stereocenters. The SMILES string of the molecule is C=C1c2ccccc2N(C2=CCC3Sc4ccccc4C3=C2)/C=C\c2c1oc1c2/C=C/Nc2ccc(-c3ccc4oc5ccccc5c4c3)cc2-c2ccccc2/C=C\1.CC. The summed E-state index contributed by atoms with van der Waals surface area (Å²) >= 11 is 1.97. The molecule has 6 aromatic carbocycles. The fourth-order valence-electron chi connectivity index (χ4n) is 9.08. The van der Waals surface area contributed by atoms with Gasteiger partial charge in [0.15, 0.2) is 0 Å². The molecule has 0 saturated heterocycles. The Hall–Kier alpha value is -7.21. The lowest BCUT2D eigenvalue weighted by atomic mass is 9.93. The molecule has 1 N–H and O–H groups in total. The number of anilines is 2. The Kier molecular flexibility index (Phi) is 9.13. The summed E-state index contributed by atoms with van der Waals surface area (Å²) in [5, 5.41) is 6.35. The zero-order chi connectivity index (χ0) is 41.0. The van der Waals surface area contributed by atoms with Gasteiger partial charge in [-0.3, -0.25) is 0 Å². The molecule has 5 heteroatoms. The van der Waals surface area contributed by atoms with Gasteiger partial charge in [-0.1, -0.05) is 124 Å². The predicted octanol–water partition coefficient (Wildman–Crippen LogP) is 15.8. The minimum absolute atomic E-state index is 0.441. The van der Waals surface area contributed by atoms with E-state index in [1.165, 1.54) is 16.0 Å². The zero-order valence-corrected chi connectivity index (χ0v) is 34.8. The molecule has 0 amide bonds. The lowest BCUT2D eigenvalue weighted by molar-refractivity contribution is 0.543.